The average Bonchev–Trinajstić information content (AvgIpc) is 3.80. The number of hydrogen-bond acceptors (Lipinski definition) is 9. The summed E-state index contributed by atoms with van der Waals surface area (Å²) in [5.74, 6) is 1.07. The topological polar surface area (TPSA) is 111 Å². The van der Waals surface area contributed by atoms with E-state index in [-0.39, 0.29) is 58.4 Å². The third-order valence-corrected chi connectivity index (χ3v) is 13.8. The van der Waals surface area contributed by atoms with Gasteiger partial charge in [0.05, 0.1) is 17.0 Å². The Balaban J connectivity index is 0.00000417. The number of hydrogen-bond donors (Lipinski definition) is 1. The summed E-state index contributed by atoms with van der Waals surface area (Å²) in [5, 5.41) is 3.19. The van der Waals surface area contributed by atoms with E-state index < -0.39 is 15.8 Å². The Labute approximate surface area is 296 Å². The molecule has 1 aromatic carbocycles. The van der Waals surface area contributed by atoms with Crippen LogP contribution >= 0.6 is 12.4 Å². The minimum Gasteiger partial charge on any atom is -0.451 e. The van der Waals surface area contributed by atoms with Crippen molar-refractivity contribution in [3.63, 3.8) is 0 Å². The third kappa shape index (κ3) is 7.15. The van der Waals surface area contributed by atoms with E-state index in [4.69, 9.17) is 4.74 Å². The Kier molecular flexibility index (Phi) is 10.5. The summed E-state index contributed by atoms with van der Waals surface area (Å²) < 4.78 is 49.4. The second kappa shape index (κ2) is 14.2. The van der Waals surface area contributed by atoms with E-state index in [0.29, 0.717) is 30.1 Å². The van der Waals surface area contributed by atoms with Crippen LogP contribution in [0.2, 0.25) is 0 Å². The molecule has 5 fully saturated rings. The molecule has 2 bridgehead atoms. The number of nitrogens with zero attached hydrogens (tertiary/aromatic N) is 6. The Hall–Kier alpha value is -2.58. The van der Waals surface area contributed by atoms with Crippen molar-refractivity contribution in [3.8, 4) is 11.5 Å². The van der Waals surface area contributed by atoms with Crippen molar-refractivity contribution >= 4 is 34.2 Å². The Morgan fingerprint density at radius 1 is 1.10 bits per heavy atom. The maximum Gasteiger partial charge on any atom is 0.258 e. The first-order chi connectivity index (χ1) is 22.9. The van der Waals surface area contributed by atoms with Gasteiger partial charge in [0.2, 0.25) is 10.0 Å². The first kappa shape index (κ1) is 36.2. The van der Waals surface area contributed by atoms with Crippen molar-refractivity contribution in [1.82, 2.24) is 29.4 Å². The first-order valence-corrected chi connectivity index (χ1v) is 19.2. The molecule has 1 aromatic heterocycles. The number of ether oxygens (including phenoxy) is 1. The van der Waals surface area contributed by atoms with E-state index in [0.717, 1.165) is 77.8 Å². The van der Waals surface area contributed by atoms with Crippen LogP contribution in [0.1, 0.15) is 76.6 Å². The molecule has 4 aliphatic heterocycles. The molecule has 1 N–H and O–H groups in total. The number of likely N-dealkylation sites (tertiary alicyclic amines) is 1. The van der Waals surface area contributed by atoms with E-state index in [2.05, 4.69) is 25.1 Å². The van der Waals surface area contributed by atoms with Crippen LogP contribution in [-0.2, 0) is 10.0 Å². The molecule has 11 nitrogen and oxygen atoms in total. The SMILES string of the molecule is CC(C)N(C(=O)c1cc(F)ccc1Oc1cncnc1N1CC[C@@H](CN2CC3(CCC(S(=O)(=O)N4C[C@@H]5C[C@H]4CN5)CC3)C2)C1)C(C)C.Cl. The highest BCUT2D eigenvalue weighted by Gasteiger charge is 2.51. The molecule has 7 rings (SSSR count). The van der Waals surface area contributed by atoms with Crippen LogP contribution in [0.3, 0.4) is 0 Å². The highest BCUT2D eigenvalue weighted by Crippen LogP contribution is 2.47. The second-order valence-electron chi connectivity index (χ2n) is 15.4. The number of amides is 1. The van der Waals surface area contributed by atoms with E-state index >= 15 is 0 Å². The lowest BCUT2D eigenvalue weighted by Crippen LogP contribution is -2.60. The number of piperazine rings is 1. The largest absolute Gasteiger partial charge is 0.451 e. The quantitative estimate of drug-likeness (QED) is 0.379. The molecule has 14 heteroatoms. The maximum absolute atomic E-state index is 14.4. The van der Waals surface area contributed by atoms with Crippen molar-refractivity contribution in [2.45, 2.75) is 95.6 Å². The fourth-order valence-corrected chi connectivity index (χ4v) is 11.3. The maximum atomic E-state index is 14.4. The minimum absolute atomic E-state index is 0. The van der Waals surface area contributed by atoms with Gasteiger partial charge < -0.3 is 24.8 Å². The molecule has 4 saturated heterocycles. The average molecular weight is 720 g/mol. The van der Waals surface area contributed by atoms with Crippen LogP contribution in [0.15, 0.2) is 30.7 Å². The fraction of sp³-hybridized carbons (Fsp3) is 0.686. The zero-order chi connectivity index (χ0) is 33.8. The summed E-state index contributed by atoms with van der Waals surface area (Å²) in [5.41, 5.74) is 0.430. The van der Waals surface area contributed by atoms with Crippen molar-refractivity contribution in [3.05, 3.63) is 42.1 Å². The zero-order valence-corrected chi connectivity index (χ0v) is 30.7. The summed E-state index contributed by atoms with van der Waals surface area (Å²) in [6.45, 7) is 14.0. The van der Waals surface area contributed by atoms with Gasteiger partial charge in [-0.25, -0.2) is 22.8 Å². The normalized spacial score (nSPS) is 25.6. The third-order valence-electron chi connectivity index (χ3n) is 11.4. The number of anilines is 1. The number of aromatic nitrogens is 2. The highest BCUT2D eigenvalue weighted by atomic mass is 35.5. The van der Waals surface area contributed by atoms with E-state index in [1.165, 1.54) is 24.5 Å². The van der Waals surface area contributed by atoms with Crippen molar-refractivity contribution in [2.75, 3.05) is 50.7 Å². The molecular weight excluding hydrogens is 669 g/mol. The summed E-state index contributed by atoms with van der Waals surface area (Å²) >= 11 is 0. The van der Waals surface area contributed by atoms with Crippen molar-refractivity contribution in [1.29, 1.82) is 0 Å². The van der Waals surface area contributed by atoms with Gasteiger partial charge in [0, 0.05) is 70.0 Å². The van der Waals surface area contributed by atoms with Gasteiger partial charge in [0.25, 0.3) is 5.91 Å². The summed E-state index contributed by atoms with van der Waals surface area (Å²) in [7, 11) is -3.22. The highest BCUT2D eigenvalue weighted by molar-refractivity contribution is 7.89. The van der Waals surface area contributed by atoms with Gasteiger partial charge in [0.15, 0.2) is 11.6 Å². The Morgan fingerprint density at radius 3 is 2.49 bits per heavy atom. The predicted molar refractivity (Wildman–Crippen MR) is 189 cm³/mol. The lowest BCUT2D eigenvalue weighted by Gasteiger charge is -2.54. The standard InChI is InChI=1S/C35H50FN7O4S.ClH/c1-23(2)43(24(3)4)34(44)30-13-26(36)5-6-31(30)47-32-16-37-22-39-33(32)41-12-9-25(18-41)17-40-20-35(21-40)10-7-29(8-11-35)48(45,46)42-19-27-14-28(42)15-38-27;/h5-6,13,16,22-25,27-29,38H,7-12,14-15,17-21H2,1-4H3;1H/t25-,27-,28-;/m0./s1. The molecule has 3 atom stereocenters. The van der Waals surface area contributed by atoms with Gasteiger partial charge >= 0.3 is 0 Å². The van der Waals surface area contributed by atoms with E-state index in [1.807, 2.05) is 32.0 Å². The van der Waals surface area contributed by atoms with Gasteiger partial charge in [-0.1, -0.05) is 0 Å². The summed E-state index contributed by atoms with van der Waals surface area (Å²) in [4.78, 5) is 28.8. The molecule has 1 saturated carbocycles. The number of carbonyl (C=O) groups is 1. The first-order valence-electron chi connectivity index (χ1n) is 17.7. The van der Waals surface area contributed by atoms with Crippen molar-refractivity contribution in [2.24, 2.45) is 11.3 Å². The Morgan fingerprint density at radius 2 is 1.84 bits per heavy atom. The molecule has 1 aliphatic carbocycles. The molecular formula is C35H51ClFN7O4S. The summed E-state index contributed by atoms with van der Waals surface area (Å²) in [6, 6.07) is 4.41. The molecule has 2 aromatic rings. The lowest BCUT2D eigenvalue weighted by atomic mass is 9.68. The summed E-state index contributed by atoms with van der Waals surface area (Å²) in [6.07, 6.45) is 8.64. The van der Waals surface area contributed by atoms with Crippen LogP contribution in [0.5, 0.6) is 11.5 Å². The van der Waals surface area contributed by atoms with Gasteiger partial charge in [-0.3, -0.25) is 4.79 Å². The van der Waals surface area contributed by atoms with Crippen LogP contribution in [0, 0.1) is 17.2 Å². The van der Waals surface area contributed by atoms with Gasteiger partial charge in [-0.15, -0.1) is 12.4 Å². The van der Waals surface area contributed by atoms with Crippen LogP contribution in [0.4, 0.5) is 10.2 Å². The van der Waals surface area contributed by atoms with E-state index in [1.54, 1.807) is 11.1 Å². The van der Waals surface area contributed by atoms with Crippen LogP contribution in [-0.4, -0.2) is 114 Å². The molecule has 270 valence electrons. The molecule has 1 spiro atoms. The lowest BCUT2D eigenvalue weighted by molar-refractivity contribution is -0.0343. The molecule has 0 radical (unpaired) electrons. The number of sulfonamides is 1. The number of benzene rings is 1. The number of rotatable bonds is 10. The van der Waals surface area contributed by atoms with E-state index in [9.17, 15) is 17.6 Å². The van der Waals surface area contributed by atoms with Crippen LogP contribution in [0.25, 0.3) is 0 Å². The molecule has 0 unspecified atom stereocenters. The number of nitrogens with one attached hydrogen (secondary N) is 1. The molecule has 5 heterocycles. The number of fused-ring (bicyclic) bond motifs is 2. The Bertz CT molecular complexity index is 1610. The number of carbonyl (C=O) groups excluding carboxylic acids is 1. The predicted octanol–water partition coefficient (Wildman–Crippen LogP) is 4.54. The van der Waals surface area contributed by atoms with Crippen molar-refractivity contribution < 1.29 is 22.3 Å². The molecule has 1 amide bonds. The molecule has 5 aliphatic rings. The van der Waals surface area contributed by atoms with Gasteiger partial charge in [-0.2, -0.15) is 4.31 Å². The second-order valence-corrected chi connectivity index (χ2v) is 17.6. The van der Waals surface area contributed by atoms with Crippen LogP contribution < -0.4 is 15.0 Å². The molecule has 49 heavy (non-hydrogen) atoms. The smallest absolute Gasteiger partial charge is 0.258 e. The monoisotopic (exact) mass is 719 g/mol. The van der Waals surface area contributed by atoms with Gasteiger partial charge in [-0.05, 0) is 95.8 Å². The van der Waals surface area contributed by atoms with Gasteiger partial charge in [0.1, 0.15) is 17.9 Å². The fourth-order valence-electron chi connectivity index (χ4n) is 9.12. The number of halogens is 2. The minimum atomic E-state index is -3.22. The zero-order valence-electron chi connectivity index (χ0n) is 29.1.